The zero-order valence-corrected chi connectivity index (χ0v) is 12.9. The third kappa shape index (κ3) is 4.34. The summed E-state index contributed by atoms with van der Waals surface area (Å²) in [5.74, 6) is 0. The van der Waals surface area contributed by atoms with Crippen LogP contribution in [0.4, 0.5) is 0 Å². The summed E-state index contributed by atoms with van der Waals surface area (Å²) in [6.07, 6.45) is 13.5. The molecule has 0 atom stereocenters. The van der Waals surface area contributed by atoms with Crippen molar-refractivity contribution in [3.8, 4) is 0 Å². The van der Waals surface area contributed by atoms with Gasteiger partial charge in [0.25, 0.3) is 0 Å². The maximum absolute atomic E-state index is 5.32. The summed E-state index contributed by atoms with van der Waals surface area (Å²) < 4.78 is 0.735. The Kier molecular flexibility index (Phi) is 7.32. The summed E-state index contributed by atoms with van der Waals surface area (Å²) in [6.45, 7) is 0. The van der Waals surface area contributed by atoms with Crippen LogP contribution in [0, 0.1) is 0 Å². The molecule has 17 heavy (non-hydrogen) atoms. The summed E-state index contributed by atoms with van der Waals surface area (Å²) in [5.41, 5.74) is 0. The molecule has 4 heteroatoms. The third-order valence-corrected chi connectivity index (χ3v) is 4.57. The van der Waals surface area contributed by atoms with Gasteiger partial charge in [0.1, 0.15) is 0 Å². The molecule has 0 aliphatic heterocycles. The fourth-order valence-electron chi connectivity index (χ4n) is 3.31. The molecule has 2 aliphatic rings. The van der Waals surface area contributed by atoms with Gasteiger partial charge >= 0.3 is 17.1 Å². The minimum absolute atomic E-state index is 0. The monoisotopic (exact) mass is 319 g/mol. The SMILES string of the molecule is S=C([S-])N(C1CCCCC1)C1CCCCC1.[Cu+]. The van der Waals surface area contributed by atoms with Gasteiger partial charge in [-0.15, -0.1) is 0 Å². The molecule has 0 N–H and O–H groups in total. The van der Waals surface area contributed by atoms with Gasteiger partial charge in [0.05, 0.1) is 0 Å². The molecule has 0 aromatic rings. The first kappa shape index (κ1) is 15.7. The minimum atomic E-state index is 0. The molecule has 0 spiro atoms. The third-order valence-electron chi connectivity index (χ3n) is 4.15. The molecule has 102 valence electrons. The molecule has 0 heterocycles. The topological polar surface area (TPSA) is 3.24 Å². The predicted octanol–water partition coefficient (Wildman–Crippen LogP) is 3.78. The van der Waals surface area contributed by atoms with Gasteiger partial charge < -0.3 is 29.7 Å². The molecular formula is C13H22CuNS2. The molecule has 0 unspecified atom stereocenters. The Morgan fingerprint density at radius 2 is 1.18 bits per heavy atom. The van der Waals surface area contributed by atoms with Crippen molar-refractivity contribution in [2.24, 2.45) is 0 Å². The summed E-state index contributed by atoms with van der Waals surface area (Å²) in [5, 5.41) is 0. The van der Waals surface area contributed by atoms with Gasteiger partial charge in [0, 0.05) is 12.1 Å². The molecule has 1 nitrogen and oxygen atoms in total. The second kappa shape index (κ2) is 7.93. The number of nitrogens with zero attached hydrogens (tertiary/aromatic N) is 1. The molecule has 2 saturated carbocycles. The Bertz CT molecular complexity index is 218. The van der Waals surface area contributed by atoms with Gasteiger partial charge in [0.15, 0.2) is 0 Å². The van der Waals surface area contributed by atoms with Gasteiger partial charge in [-0.25, -0.2) is 0 Å². The van der Waals surface area contributed by atoms with Crippen molar-refractivity contribution in [1.29, 1.82) is 0 Å². The van der Waals surface area contributed by atoms with E-state index in [0.29, 0.717) is 12.1 Å². The Hall–Kier alpha value is 0.629. The molecule has 0 amide bonds. The van der Waals surface area contributed by atoms with Crippen molar-refractivity contribution in [3.05, 3.63) is 0 Å². The normalized spacial score (nSPS) is 22.8. The molecule has 0 bridgehead atoms. The first-order valence-electron chi connectivity index (χ1n) is 6.78. The van der Waals surface area contributed by atoms with E-state index in [4.69, 9.17) is 24.8 Å². The van der Waals surface area contributed by atoms with E-state index in [1.54, 1.807) is 0 Å². The van der Waals surface area contributed by atoms with Gasteiger partial charge in [-0.1, -0.05) is 42.8 Å². The molecule has 0 aromatic heterocycles. The zero-order chi connectivity index (χ0) is 11.4. The summed E-state index contributed by atoms with van der Waals surface area (Å²) in [6, 6.07) is 1.34. The van der Waals surface area contributed by atoms with Crippen LogP contribution >= 0.6 is 12.2 Å². The maximum Gasteiger partial charge on any atom is 1.00 e. The van der Waals surface area contributed by atoms with E-state index < -0.39 is 0 Å². The predicted molar refractivity (Wildman–Crippen MR) is 75.5 cm³/mol. The Morgan fingerprint density at radius 1 is 0.824 bits per heavy atom. The number of hydrogen-bond acceptors (Lipinski definition) is 2. The molecule has 2 aliphatic carbocycles. The molecule has 0 radical (unpaired) electrons. The first-order valence-corrected chi connectivity index (χ1v) is 7.60. The van der Waals surface area contributed by atoms with Crippen LogP contribution in [0.25, 0.3) is 0 Å². The quantitative estimate of drug-likeness (QED) is 0.433. The number of hydrogen-bond donors (Lipinski definition) is 0. The molecule has 2 rings (SSSR count). The van der Waals surface area contributed by atoms with Gasteiger partial charge in [-0.2, -0.15) is 0 Å². The van der Waals surface area contributed by atoms with Crippen molar-refractivity contribution < 1.29 is 17.1 Å². The van der Waals surface area contributed by atoms with E-state index in [1.165, 1.54) is 64.2 Å². The van der Waals surface area contributed by atoms with E-state index in [2.05, 4.69) is 4.90 Å². The molecule has 2 fully saturated rings. The van der Waals surface area contributed by atoms with Crippen LogP contribution in [-0.4, -0.2) is 21.3 Å². The van der Waals surface area contributed by atoms with Crippen LogP contribution in [0.3, 0.4) is 0 Å². The van der Waals surface area contributed by atoms with Gasteiger partial charge in [-0.3, -0.25) is 0 Å². The maximum atomic E-state index is 5.32. The molecule has 0 aromatic carbocycles. The van der Waals surface area contributed by atoms with Gasteiger partial charge in [0.2, 0.25) is 0 Å². The zero-order valence-electron chi connectivity index (χ0n) is 10.3. The van der Waals surface area contributed by atoms with Crippen LogP contribution in [0.15, 0.2) is 0 Å². The Labute approximate surface area is 127 Å². The Balaban J connectivity index is 0.00000144. The average molecular weight is 320 g/mol. The van der Waals surface area contributed by atoms with Crippen molar-refractivity contribution in [2.75, 3.05) is 0 Å². The van der Waals surface area contributed by atoms with E-state index in [1.807, 2.05) is 0 Å². The van der Waals surface area contributed by atoms with E-state index in [9.17, 15) is 0 Å². The van der Waals surface area contributed by atoms with Gasteiger partial charge in [-0.05, 0) is 25.7 Å². The summed E-state index contributed by atoms with van der Waals surface area (Å²) in [4.78, 5) is 2.43. The van der Waals surface area contributed by atoms with Crippen LogP contribution in [0.5, 0.6) is 0 Å². The second-order valence-electron chi connectivity index (χ2n) is 5.26. The first-order chi connectivity index (χ1) is 7.79. The fourth-order valence-corrected chi connectivity index (χ4v) is 3.91. The van der Waals surface area contributed by atoms with Crippen molar-refractivity contribution in [2.45, 2.75) is 76.3 Å². The van der Waals surface area contributed by atoms with Crippen molar-refractivity contribution in [3.63, 3.8) is 0 Å². The van der Waals surface area contributed by atoms with Crippen molar-refractivity contribution >= 4 is 29.2 Å². The molecular weight excluding hydrogens is 298 g/mol. The second-order valence-corrected chi connectivity index (χ2v) is 6.29. The average Bonchev–Trinajstić information content (AvgIpc) is 2.31. The number of rotatable bonds is 2. The largest absolute Gasteiger partial charge is 1.00 e. The van der Waals surface area contributed by atoms with Crippen LogP contribution in [-0.2, 0) is 29.7 Å². The van der Waals surface area contributed by atoms with Crippen LogP contribution in [0.2, 0.25) is 0 Å². The smallest absolute Gasteiger partial charge is 0.411 e. The van der Waals surface area contributed by atoms with Crippen LogP contribution in [0.1, 0.15) is 64.2 Å². The van der Waals surface area contributed by atoms with Crippen molar-refractivity contribution in [1.82, 2.24) is 4.90 Å². The minimum Gasteiger partial charge on any atom is -0.411 e. The van der Waals surface area contributed by atoms with Crippen LogP contribution < -0.4 is 0 Å². The van der Waals surface area contributed by atoms with E-state index in [-0.39, 0.29) is 17.1 Å². The Morgan fingerprint density at radius 3 is 1.47 bits per heavy atom. The molecule has 0 saturated heterocycles. The van der Waals surface area contributed by atoms with E-state index in [0.717, 1.165) is 4.32 Å². The fraction of sp³-hybridized carbons (Fsp3) is 0.923. The van der Waals surface area contributed by atoms with E-state index >= 15 is 0 Å². The summed E-state index contributed by atoms with van der Waals surface area (Å²) >= 11 is 10.6. The summed E-state index contributed by atoms with van der Waals surface area (Å²) in [7, 11) is 0. The number of thiocarbonyl (C=S) groups is 1. The standard InChI is InChI=1S/C13H23NS2.Cu/c15-13(16)14(11-7-3-1-4-8-11)12-9-5-2-6-10-12;/h11-12H,1-10H2,(H,15,16);/q;+1/p-1.